The van der Waals surface area contributed by atoms with E-state index in [4.69, 9.17) is 10.8 Å². The van der Waals surface area contributed by atoms with Crippen molar-refractivity contribution < 1.29 is 9.90 Å². The number of aliphatic hydroxyl groups excluding tert-OH is 1. The number of rotatable bonds is 5. The topological polar surface area (TPSA) is 79.5 Å². The van der Waals surface area contributed by atoms with Gasteiger partial charge in [0.05, 0.1) is 12.3 Å². The molecule has 0 atom stereocenters. The lowest BCUT2D eigenvalue weighted by Crippen LogP contribution is -2.34. The van der Waals surface area contributed by atoms with Gasteiger partial charge in [0, 0.05) is 24.7 Å². The molecule has 108 valence electrons. The predicted octanol–water partition coefficient (Wildman–Crippen LogP) is 2.03. The second-order valence-corrected chi connectivity index (χ2v) is 5.67. The van der Waals surface area contributed by atoms with E-state index in [1.807, 2.05) is 19.9 Å². The zero-order chi connectivity index (χ0) is 14.7. The number of aromatic nitrogens is 1. The quantitative estimate of drug-likeness (QED) is 0.884. The fraction of sp³-hybridized carbons (Fsp3) is 0.429. The Morgan fingerprint density at radius 3 is 2.85 bits per heavy atom. The minimum Gasteiger partial charge on any atom is -0.397 e. The smallest absolute Gasteiger partial charge is 0.266 e. The summed E-state index contributed by atoms with van der Waals surface area (Å²) in [4.78, 5) is 19.8. The number of fused-ring (bicyclic) bond motifs is 1. The van der Waals surface area contributed by atoms with Crippen LogP contribution in [0.2, 0.25) is 0 Å². The monoisotopic (exact) mass is 293 g/mol. The molecule has 2 aromatic rings. The summed E-state index contributed by atoms with van der Waals surface area (Å²) in [7, 11) is 0. The number of carbonyl (C=O) groups excluding carboxylic acids is 1. The van der Waals surface area contributed by atoms with Crippen molar-refractivity contribution >= 4 is 33.1 Å². The number of hydrogen-bond donors (Lipinski definition) is 2. The number of nitrogens with two attached hydrogens (primary N) is 1. The predicted molar refractivity (Wildman–Crippen MR) is 82.0 cm³/mol. The number of aryl methyl sites for hydroxylation is 1. The summed E-state index contributed by atoms with van der Waals surface area (Å²) in [5.41, 5.74) is 7.65. The normalized spacial score (nSPS) is 10.9. The molecule has 0 aliphatic carbocycles. The number of nitrogens with zero attached hydrogens (tertiary/aromatic N) is 2. The molecule has 2 heterocycles. The highest BCUT2D eigenvalue weighted by Gasteiger charge is 2.22. The average Bonchev–Trinajstić information content (AvgIpc) is 2.76. The van der Waals surface area contributed by atoms with Crippen LogP contribution < -0.4 is 5.73 Å². The lowest BCUT2D eigenvalue weighted by molar-refractivity contribution is 0.0728. The Hall–Kier alpha value is -1.66. The van der Waals surface area contributed by atoms with Gasteiger partial charge in [0.2, 0.25) is 0 Å². The molecule has 0 saturated heterocycles. The molecule has 0 unspecified atom stereocenters. The SMILES string of the molecule is CCCN(CCO)C(=O)c1sc2nccc(C)c2c1N. The summed E-state index contributed by atoms with van der Waals surface area (Å²) in [6.07, 6.45) is 2.56. The zero-order valence-electron chi connectivity index (χ0n) is 11.7. The molecule has 6 heteroatoms. The van der Waals surface area contributed by atoms with Gasteiger partial charge in [-0.3, -0.25) is 4.79 Å². The summed E-state index contributed by atoms with van der Waals surface area (Å²) < 4.78 is 0. The third-order valence-electron chi connectivity index (χ3n) is 3.18. The van der Waals surface area contributed by atoms with Crippen LogP contribution in [0.5, 0.6) is 0 Å². The molecular formula is C14H19N3O2S. The summed E-state index contributed by atoms with van der Waals surface area (Å²) in [6.45, 7) is 4.84. The van der Waals surface area contributed by atoms with Crippen molar-refractivity contribution in [1.29, 1.82) is 0 Å². The molecule has 0 aliphatic heterocycles. The van der Waals surface area contributed by atoms with Crippen molar-refractivity contribution in [3.63, 3.8) is 0 Å². The fourth-order valence-corrected chi connectivity index (χ4v) is 3.32. The van der Waals surface area contributed by atoms with Gasteiger partial charge in [0.25, 0.3) is 5.91 Å². The minimum absolute atomic E-state index is 0.0478. The van der Waals surface area contributed by atoms with Crippen LogP contribution in [0.3, 0.4) is 0 Å². The van der Waals surface area contributed by atoms with Crippen LogP contribution in [0.4, 0.5) is 5.69 Å². The van der Waals surface area contributed by atoms with Crippen molar-refractivity contribution in [2.45, 2.75) is 20.3 Å². The molecule has 2 aromatic heterocycles. The van der Waals surface area contributed by atoms with E-state index < -0.39 is 0 Å². The Morgan fingerprint density at radius 2 is 2.25 bits per heavy atom. The molecule has 1 amide bonds. The number of aliphatic hydroxyl groups is 1. The lowest BCUT2D eigenvalue weighted by atomic mass is 10.1. The van der Waals surface area contributed by atoms with Gasteiger partial charge in [-0.2, -0.15) is 0 Å². The van der Waals surface area contributed by atoms with Gasteiger partial charge in [-0.25, -0.2) is 4.98 Å². The van der Waals surface area contributed by atoms with Gasteiger partial charge >= 0.3 is 0 Å². The number of anilines is 1. The number of thiophene rings is 1. The Balaban J connectivity index is 2.44. The van der Waals surface area contributed by atoms with Gasteiger partial charge in [-0.15, -0.1) is 11.3 Å². The third kappa shape index (κ3) is 2.62. The fourth-order valence-electron chi connectivity index (χ4n) is 2.21. The summed E-state index contributed by atoms with van der Waals surface area (Å²) in [6, 6.07) is 1.89. The molecule has 0 aromatic carbocycles. The van der Waals surface area contributed by atoms with Crippen molar-refractivity contribution in [3.8, 4) is 0 Å². The maximum absolute atomic E-state index is 12.5. The van der Waals surface area contributed by atoms with E-state index in [2.05, 4.69) is 4.98 Å². The molecule has 0 saturated carbocycles. The molecule has 0 radical (unpaired) electrons. The second-order valence-electron chi connectivity index (χ2n) is 4.67. The third-order valence-corrected chi connectivity index (χ3v) is 4.28. The molecule has 0 bridgehead atoms. The zero-order valence-corrected chi connectivity index (χ0v) is 12.5. The molecule has 0 spiro atoms. The highest BCUT2D eigenvalue weighted by Crippen LogP contribution is 2.35. The first-order valence-corrected chi connectivity index (χ1v) is 7.45. The van der Waals surface area contributed by atoms with Crippen LogP contribution >= 0.6 is 11.3 Å². The summed E-state index contributed by atoms with van der Waals surface area (Å²) in [5.74, 6) is -0.124. The Bertz CT molecular complexity index is 618. The summed E-state index contributed by atoms with van der Waals surface area (Å²) in [5, 5.41) is 9.94. The molecular weight excluding hydrogens is 274 g/mol. The minimum atomic E-state index is -0.124. The molecule has 5 nitrogen and oxygen atoms in total. The maximum atomic E-state index is 12.5. The molecule has 20 heavy (non-hydrogen) atoms. The standard InChI is InChI=1S/C14H19N3O2S/c1-3-6-17(7-8-18)14(19)12-11(15)10-9(2)4-5-16-13(10)20-12/h4-5,18H,3,6-8,15H2,1-2H3. The van der Waals surface area contributed by atoms with Crippen LogP contribution in [-0.2, 0) is 0 Å². The van der Waals surface area contributed by atoms with E-state index in [-0.39, 0.29) is 12.5 Å². The molecule has 0 aliphatic rings. The second kappa shape index (κ2) is 6.19. The lowest BCUT2D eigenvalue weighted by Gasteiger charge is -2.20. The van der Waals surface area contributed by atoms with Crippen LogP contribution in [0, 0.1) is 6.92 Å². The van der Waals surface area contributed by atoms with E-state index in [0.717, 1.165) is 22.2 Å². The number of hydrogen-bond acceptors (Lipinski definition) is 5. The highest BCUT2D eigenvalue weighted by molar-refractivity contribution is 7.21. The first-order valence-electron chi connectivity index (χ1n) is 6.63. The van der Waals surface area contributed by atoms with Gasteiger partial charge in [0.15, 0.2) is 0 Å². The largest absolute Gasteiger partial charge is 0.397 e. The van der Waals surface area contributed by atoms with Crippen LogP contribution in [-0.4, -0.2) is 40.6 Å². The van der Waals surface area contributed by atoms with Crippen LogP contribution in [0.15, 0.2) is 12.3 Å². The van der Waals surface area contributed by atoms with Crippen molar-refractivity contribution in [3.05, 3.63) is 22.7 Å². The van der Waals surface area contributed by atoms with Crippen molar-refractivity contribution in [1.82, 2.24) is 9.88 Å². The first-order chi connectivity index (χ1) is 9.60. The van der Waals surface area contributed by atoms with E-state index >= 15 is 0 Å². The van der Waals surface area contributed by atoms with Gasteiger partial charge in [-0.1, -0.05) is 6.92 Å². The number of carbonyl (C=O) groups is 1. The van der Waals surface area contributed by atoms with E-state index in [1.54, 1.807) is 11.1 Å². The number of amides is 1. The maximum Gasteiger partial charge on any atom is 0.266 e. The highest BCUT2D eigenvalue weighted by atomic mass is 32.1. The van der Waals surface area contributed by atoms with E-state index in [9.17, 15) is 4.79 Å². The number of pyridine rings is 1. The Kier molecular flexibility index (Phi) is 4.57. The van der Waals surface area contributed by atoms with E-state index in [1.165, 1.54) is 11.3 Å². The van der Waals surface area contributed by atoms with Gasteiger partial charge in [-0.05, 0) is 25.0 Å². The van der Waals surface area contributed by atoms with Gasteiger partial charge < -0.3 is 15.7 Å². The number of nitrogen functional groups attached to an aromatic ring is 1. The molecule has 2 rings (SSSR count). The van der Waals surface area contributed by atoms with Gasteiger partial charge in [0.1, 0.15) is 9.71 Å². The van der Waals surface area contributed by atoms with E-state index in [0.29, 0.717) is 23.7 Å². The average molecular weight is 293 g/mol. The molecule has 3 N–H and O–H groups in total. The van der Waals surface area contributed by atoms with Crippen LogP contribution in [0.25, 0.3) is 10.2 Å². The Morgan fingerprint density at radius 1 is 1.50 bits per heavy atom. The first kappa shape index (κ1) is 14.7. The summed E-state index contributed by atoms with van der Waals surface area (Å²) >= 11 is 1.32. The van der Waals surface area contributed by atoms with Crippen molar-refractivity contribution in [2.24, 2.45) is 0 Å². The van der Waals surface area contributed by atoms with Crippen molar-refractivity contribution in [2.75, 3.05) is 25.4 Å². The Labute approximate surface area is 122 Å². The van der Waals surface area contributed by atoms with Crippen LogP contribution in [0.1, 0.15) is 28.6 Å². The molecule has 0 fully saturated rings.